The Hall–Kier alpha value is -3.29. The van der Waals surface area contributed by atoms with E-state index in [2.05, 4.69) is 10.3 Å². The van der Waals surface area contributed by atoms with Gasteiger partial charge in [-0.1, -0.05) is 12.1 Å². The van der Waals surface area contributed by atoms with E-state index >= 15 is 0 Å². The van der Waals surface area contributed by atoms with Crippen LogP contribution in [-0.4, -0.2) is 41.8 Å². The number of benzene rings is 1. The second-order valence-electron chi connectivity index (χ2n) is 5.40. The highest BCUT2D eigenvalue weighted by Crippen LogP contribution is 2.15. The molecule has 0 aliphatic heterocycles. The topological polar surface area (TPSA) is 91.7 Å². The Kier molecular flexibility index (Phi) is 7.42. The maximum atomic E-state index is 12.0. The zero-order valence-electron chi connectivity index (χ0n) is 15.6. The molecular formula is C19H23N3O5. The monoisotopic (exact) mass is 373 g/mol. The molecule has 2 aromatic rings. The molecule has 27 heavy (non-hydrogen) atoms. The van der Waals surface area contributed by atoms with Gasteiger partial charge in [0.05, 0.1) is 39.4 Å². The van der Waals surface area contributed by atoms with Crippen molar-refractivity contribution < 1.29 is 23.8 Å². The molecule has 144 valence electrons. The molecule has 0 spiro atoms. The molecule has 0 aliphatic carbocycles. The summed E-state index contributed by atoms with van der Waals surface area (Å²) in [6.45, 7) is 4.19. The second-order valence-corrected chi connectivity index (χ2v) is 5.40. The SMILES string of the molecule is CCOC(=O)C(=CNc1cncn1Cc1ccc(OC)cc1)C(=O)OCC. The lowest BCUT2D eigenvalue weighted by Crippen LogP contribution is -2.19. The van der Waals surface area contributed by atoms with E-state index in [0.717, 1.165) is 11.3 Å². The van der Waals surface area contributed by atoms with E-state index in [-0.39, 0.29) is 18.8 Å². The average molecular weight is 373 g/mol. The van der Waals surface area contributed by atoms with E-state index in [9.17, 15) is 9.59 Å². The lowest BCUT2D eigenvalue weighted by molar-refractivity contribution is -0.146. The van der Waals surface area contributed by atoms with Crippen molar-refractivity contribution >= 4 is 17.8 Å². The Bertz CT molecular complexity index is 776. The number of rotatable bonds is 9. The fourth-order valence-corrected chi connectivity index (χ4v) is 2.26. The lowest BCUT2D eigenvalue weighted by Gasteiger charge is -2.10. The van der Waals surface area contributed by atoms with Crippen LogP contribution >= 0.6 is 0 Å². The molecule has 8 heteroatoms. The fraction of sp³-hybridized carbons (Fsp3) is 0.316. The van der Waals surface area contributed by atoms with Crippen LogP contribution in [0, 0.1) is 0 Å². The summed E-state index contributed by atoms with van der Waals surface area (Å²) in [6, 6.07) is 7.64. The number of hydrogen-bond acceptors (Lipinski definition) is 7. The molecule has 0 radical (unpaired) electrons. The molecule has 0 saturated carbocycles. The molecular weight excluding hydrogens is 350 g/mol. The predicted molar refractivity (Wildman–Crippen MR) is 99.3 cm³/mol. The Morgan fingerprint density at radius 3 is 2.30 bits per heavy atom. The van der Waals surface area contributed by atoms with Gasteiger partial charge in [0.2, 0.25) is 0 Å². The first-order valence-electron chi connectivity index (χ1n) is 8.53. The van der Waals surface area contributed by atoms with Gasteiger partial charge < -0.3 is 24.1 Å². The Labute approximate surface area is 157 Å². The molecule has 0 bridgehead atoms. The molecule has 1 aromatic heterocycles. The molecule has 0 saturated heterocycles. The fourth-order valence-electron chi connectivity index (χ4n) is 2.26. The van der Waals surface area contributed by atoms with Gasteiger partial charge in [-0.05, 0) is 31.5 Å². The number of carbonyl (C=O) groups is 2. The second kappa shape index (κ2) is 10.0. The van der Waals surface area contributed by atoms with E-state index in [1.54, 1.807) is 33.5 Å². The Balaban J connectivity index is 2.15. The van der Waals surface area contributed by atoms with Gasteiger partial charge in [0, 0.05) is 6.20 Å². The first kappa shape index (κ1) is 20.0. The molecule has 1 heterocycles. The highest BCUT2D eigenvalue weighted by atomic mass is 16.6. The zero-order valence-corrected chi connectivity index (χ0v) is 15.6. The van der Waals surface area contributed by atoms with Crippen molar-refractivity contribution in [1.82, 2.24) is 9.55 Å². The van der Waals surface area contributed by atoms with Crippen molar-refractivity contribution in [2.75, 3.05) is 25.6 Å². The molecule has 0 atom stereocenters. The van der Waals surface area contributed by atoms with Gasteiger partial charge in [-0.15, -0.1) is 0 Å². The number of aromatic nitrogens is 2. The van der Waals surface area contributed by atoms with Crippen LogP contribution in [0.25, 0.3) is 0 Å². The summed E-state index contributed by atoms with van der Waals surface area (Å²) in [5, 5.41) is 2.93. The summed E-state index contributed by atoms with van der Waals surface area (Å²) in [7, 11) is 1.61. The zero-order chi connectivity index (χ0) is 19.6. The van der Waals surface area contributed by atoms with Crippen molar-refractivity contribution in [3.63, 3.8) is 0 Å². The largest absolute Gasteiger partial charge is 0.497 e. The van der Waals surface area contributed by atoms with Crippen molar-refractivity contribution in [3.05, 3.63) is 54.1 Å². The number of anilines is 1. The van der Waals surface area contributed by atoms with Gasteiger partial charge in [0.15, 0.2) is 5.57 Å². The summed E-state index contributed by atoms with van der Waals surface area (Å²) in [5.74, 6) is -0.106. The molecule has 0 unspecified atom stereocenters. The number of methoxy groups -OCH3 is 1. The minimum atomic E-state index is -0.746. The average Bonchev–Trinajstić information content (AvgIpc) is 3.10. The van der Waals surface area contributed by atoms with Crippen LogP contribution < -0.4 is 10.1 Å². The van der Waals surface area contributed by atoms with E-state index in [0.29, 0.717) is 12.4 Å². The van der Waals surface area contributed by atoms with Gasteiger partial charge in [-0.2, -0.15) is 0 Å². The minimum Gasteiger partial charge on any atom is -0.497 e. The smallest absolute Gasteiger partial charge is 0.347 e. The highest BCUT2D eigenvalue weighted by Gasteiger charge is 2.21. The van der Waals surface area contributed by atoms with E-state index in [1.807, 2.05) is 28.8 Å². The van der Waals surface area contributed by atoms with Gasteiger partial charge in [-0.3, -0.25) is 0 Å². The van der Waals surface area contributed by atoms with Crippen LogP contribution in [0.4, 0.5) is 5.82 Å². The van der Waals surface area contributed by atoms with Crippen LogP contribution in [0.15, 0.2) is 48.6 Å². The number of hydrogen-bond donors (Lipinski definition) is 1. The quantitative estimate of drug-likeness (QED) is 0.312. The van der Waals surface area contributed by atoms with E-state index < -0.39 is 11.9 Å². The molecule has 2 rings (SSSR count). The third-order valence-corrected chi connectivity index (χ3v) is 3.58. The van der Waals surface area contributed by atoms with Crippen LogP contribution in [0.5, 0.6) is 5.75 Å². The van der Waals surface area contributed by atoms with Gasteiger partial charge in [0.1, 0.15) is 11.6 Å². The highest BCUT2D eigenvalue weighted by molar-refractivity contribution is 6.14. The van der Waals surface area contributed by atoms with Crippen LogP contribution in [-0.2, 0) is 25.6 Å². The maximum absolute atomic E-state index is 12.0. The van der Waals surface area contributed by atoms with Gasteiger partial charge in [0.25, 0.3) is 0 Å². The number of esters is 2. The number of nitrogens with zero attached hydrogens (tertiary/aromatic N) is 2. The van der Waals surface area contributed by atoms with Crippen LogP contribution in [0.3, 0.4) is 0 Å². The van der Waals surface area contributed by atoms with E-state index in [1.165, 1.54) is 6.20 Å². The minimum absolute atomic E-state index is 0.158. The summed E-state index contributed by atoms with van der Waals surface area (Å²) < 4.78 is 16.8. The van der Waals surface area contributed by atoms with Crippen LogP contribution in [0.1, 0.15) is 19.4 Å². The normalized spacial score (nSPS) is 10.0. The van der Waals surface area contributed by atoms with Crippen molar-refractivity contribution in [2.45, 2.75) is 20.4 Å². The summed E-state index contributed by atoms with van der Waals surface area (Å²) in [4.78, 5) is 28.1. The molecule has 1 aromatic carbocycles. The molecule has 1 N–H and O–H groups in total. The van der Waals surface area contributed by atoms with Crippen molar-refractivity contribution in [2.24, 2.45) is 0 Å². The standard InChI is InChI=1S/C19H23N3O5/c1-4-26-18(23)16(19(24)27-5-2)10-21-17-11-20-13-22(17)12-14-6-8-15(25-3)9-7-14/h6-11,13,21H,4-5,12H2,1-3H3. The third-order valence-electron chi connectivity index (χ3n) is 3.58. The molecule has 0 amide bonds. The number of imidazole rings is 1. The summed E-state index contributed by atoms with van der Waals surface area (Å²) in [5.41, 5.74) is 0.827. The van der Waals surface area contributed by atoms with Crippen LogP contribution in [0.2, 0.25) is 0 Å². The predicted octanol–water partition coefficient (Wildman–Crippen LogP) is 2.36. The molecule has 0 fully saturated rings. The molecule has 8 nitrogen and oxygen atoms in total. The first-order valence-corrected chi connectivity index (χ1v) is 8.53. The van der Waals surface area contributed by atoms with Gasteiger partial charge in [-0.25, -0.2) is 14.6 Å². The van der Waals surface area contributed by atoms with E-state index in [4.69, 9.17) is 14.2 Å². The number of ether oxygens (including phenoxy) is 3. The lowest BCUT2D eigenvalue weighted by atomic mass is 10.2. The maximum Gasteiger partial charge on any atom is 0.347 e. The number of nitrogens with one attached hydrogen (secondary N) is 1. The van der Waals surface area contributed by atoms with Crippen molar-refractivity contribution in [3.8, 4) is 5.75 Å². The van der Waals surface area contributed by atoms with Gasteiger partial charge >= 0.3 is 11.9 Å². The third kappa shape index (κ3) is 5.60. The molecule has 0 aliphatic rings. The Morgan fingerprint density at radius 2 is 1.74 bits per heavy atom. The summed E-state index contributed by atoms with van der Waals surface area (Å²) >= 11 is 0. The van der Waals surface area contributed by atoms with Crippen molar-refractivity contribution in [1.29, 1.82) is 0 Å². The summed E-state index contributed by atoms with van der Waals surface area (Å²) in [6.07, 6.45) is 4.51. The number of carbonyl (C=O) groups excluding carboxylic acids is 2. The first-order chi connectivity index (χ1) is 13.1. The Morgan fingerprint density at radius 1 is 1.11 bits per heavy atom.